The first-order valence-corrected chi connectivity index (χ1v) is 6.68. The molecule has 1 aromatic carbocycles. The first-order chi connectivity index (χ1) is 9.09. The number of nitrogens with zero attached hydrogens (tertiary/aromatic N) is 1. The van der Waals surface area contributed by atoms with Crippen molar-refractivity contribution in [2.75, 3.05) is 20.2 Å². The maximum atomic E-state index is 11.4. The van der Waals surface area contributed by atoms with E-state index in [-0.39, 0.29) is 0 Å². The van der Waals surface area contributed by atoms with Crippen LogP contribution < -0.4 is 4.74 Å². The summed E-state index contributed by atoms with van der Waals surface area (Å²) in [6.45, 7) is 4.26. The van der Waals surface area contributed by atoms with Crippen LogP contribution in [0.4, 0.5) is 0 Å². The van der Waals surface area contributed by atoms with Crippen LogP contribution in [0, 0.1) is 5.41 Å². The van der Waals surface area contributed by atoms with Gasteiger partial charge in [-0.25, -0.2) is 0 Å². The smallest absolute Gasteiger partial charge is 0.310 e. The summed E-state index contributed by atoms with van der Waals surface area (Å²) in [6.07, 6.45) is 1.44. The summed E-state index contributed by atoms with van der Waals surface area (Å²) in [5, 5.41) is 9.37. The van der Waals surface area contributed by atoms with Crippen molar-refractivity contribution >= 4 is 5.97 Å². The summed E-state index contributed by atoms with van der Waals surface area (Å²) in [5.41, 5.74) is 0.644. The predicted molar refractivity (Wildman–Crippen MR) is 73.2 cm³/mol. The third kappa shape index (κ3) is 2.89. The normalized spacial score (nSPS) is 23.5. The van der Waals surface area contributed by atoms with Crippen molar-refractivity contribution in [1.82, 2.24) is 4.90 Å². The van der Waals surface area contributed by atoms with Crippen molar-refractivity contribution in [3.63, 3.8) is 0 Å². The number of hydrogen-bond acceptors (Lipinski definition) is 3. The van der Waals surface area contributed by atoms with Gasteiger partial charge in [-0.1, -0.05) is 19.1 Å². The molecule has 0 amide bonds. The number of aliphatic carboxylic acids is 1. The minimum absolute atomic E-state index is 0.549. The molecule has 0 spiro atoms. The van der Waals surface area contributed by atoms with E-state index in [0.29, 0.717) is 13.0 Å². The highest BCUT2D eigenvalue weighted by molar-refractivity contribution is 5.75. The number of methoxy groups -OCH3 is 1. The van der Waals surface area contributed by atoms with E-state index in [1.54, 1.807) is 7.11 Å². The van der Waals surface area contributed by atoms with Crippen LogP contribution in [0.15, 0.2) is 24.3 Å². The van der Waals surface area contributed by atoms with Gasteiger partial charge in [-0.05, 0) is 37.1 Å². The number of likely N-dealkylation sites (tertiary alicyclic amines) is 1. The van der Waals surface area contributed by atoms with Crippen molar-refractivity contribution in [1.29, 1.82) is 0 Å². The fourth-order valence-corrected chi connectivity index (χ4v) is 2.70. The topological polar surface area (TPSA) is 49.8 Å². The second-order valence-corrected chi connectivity index (χ2v) is 5.25. The Morgan fingerprint density at radius 1 is 1.42 bits per heavy atom. The van der Waals surface area contributed by atoms with Crippen molar-refractivity contribution < 1.29 is 14.6 Å². The Balaban J connectivity index is 1.99. The lowest BCUT2D eigenvalue weighted by Gasteiger charge is -2.23. The molecule has 1 N–H and O–H groups in total. The van der Waals surface area contributed by atoms with Gasteiger partial charge >= 0.3 is 5.97 Å². The predicted octanol–water partition coefficient (Wildman–Crippen LogP) is 2.38. The molecule has 4 nitrogen and oxygen atoms in total. The number of carbonyl (C=O) groups is 1. The van der Waals surface area contributed by atoms with E-state index < -0.39 is 11.4 Å². The maximum absolute atomic E-state index is 11.4. The zero-order valence-electron chi connectivity index (χ0n) is 11.6. The van der Waals surface area contributed by atoms with E-state index in [9.17, 15) is 9.90 Å². The largest absolute Gasteiger partial charge is 0.497 e. The molecule has 1 aromatic rings. The number of ether oxygens (including phenoxy) is 1. The van der Waals surface area contributed by atoms with E-state index in [1.165, 1.54) is 5.56 Å². The summed E-state index contributed by atoms with van der Waals surface area (Å²) in [6, 6.07) is 7.95. The van der Waals surface area contributed by atoms with Crippen LogP contribution in [0.3, 0.4) is 0 Å². The molecule has 1 unspecified atom stereocenters. The van der Waals surface area contributed by atoms with E-state index in [1.807, 2.05) is 31.2 Å². The highest BCUT2D eigenvalue weighted by Gasteiger charge is 2.42. The molecule has 4 heteroatoms. The molecule has 0 saturated carbocycles. The molecule has 0 aliphatic carbocycles. The lowest BCUT2D eigenvalue weighted by molar-refractivity contribution is -0.148. The highest BCUT2D eigenvalue weighted by atomic mass is 16.5. The Labute approximate surface area is 114 Å². The van der Waals surface area contributed by atoms with Gasteiger partial charge in [0.1, 0.15) is 5.75 Å². The maximum Gasteiger partial charge on any atom is 0.310 e. The molecular weight excluding hydrogens is 242 g/mol. The van der Waals surface area contributed by atoms with Gasteiger partial charge in [-0.2, -0.15) is 0 Å². The third-order valence-electron chi connectivity index (χ3n) is 4.13. The number of hydrogen-bond donors (Lipinski definition) is 1. The molecule has 19 heavy (non-hydrogen) atoms. The summed E-state index contributed by atoms with van der Waals surface area (Å²) in [7, 11) is 1.65. The van der Waals surface area contributed by atoms with Crippen LogP contribution in [0.25, 0.3) is 0 Å². The van der Waals surface area contributed by atoms with Gasteiger partial charge in [-0.15, -0.1) is 0 Å². The summed E-state index contributed by atoms with van der Waals surface area (Å²) in [4.78, 5) is 13.6. The van der Waals surface area contributed by atoms with Gasteiger partial charge in [0.25, 0.3) is 0 Å². The number of benzene rings is 1. The second-order valence-electron chi connectivity index (χ2n) is 5.25. The van der Waals surface area contributed by atoms with Gasteiger partial charge in [0, 0.05) is 13.1 Å². The van der Waals surface area contributed by atoms with Gasteiger partial charge in [-0.3, -0.25) is 9.69 Å². The standard InChI is InChI=1S/C15H21NO3/c1-3-15(14(17)18)8-9-16(11-15)10-12-4-6-13(19-2)7-5-12/h4-7H,3,8-11H2,1-2H3,(H,17,18). The SMILES string of the molecule is CCC1(C(=O)O)CCN(Cc2ccc(OC)cc2)C1. The zero-order chi connectivity index (χ0) is 13.9. The fraction of sp³-hybridized carbons (Fsp3) is 0.533. The molecule has 0 radical (unpaired) electrons. The van der Waals surface area contributed by atoms with Crippen molar-refractivity contribution in [2.45, 2.75) is 26.3 Å². The zero-order valence-corrected chi connectivity index (χ0v) is 11.6. The van der Waals surface area contributed by atoms with E-state index in [4.69, 9.17) is 4.74 Å². The van der Waals surface area contributed by atoms with Crippen molar-refractivity contribution in [2.24, 2.45) is 5.41 Å². The molecule has 2 rings (SSSR count). The minimum Gasteiger partial charge on any atom is -0.497 e. The number of carboxylic acids is 1. The van der Waals surface area contributed by atoms with E-state index in [2.05, 4.69) is 4.90 Å². The Morgan fingerprint density at radius 3 is 2.58 bits per heavy atom. The van der Waals surface area contributed by atoms with Crippen LogP contribution in [0.1, 0.15) is 25.3 Å². The monoisotopic (exact) mass is 263 g/mol. The molecule has 1 fully saturated rings. The van der Waals surface area contributed by atoms with Crippen LogP contribution in [0.2, 0.25) is 0 Å². The first kappa shape index (κ1) is 13.9. The van der Waals surface area contributed by atoms with E-state index >= 15 is 0 Å². The summed E-state index contributed by atoms with van der Waals surface area (Å²) < 4.78 is 5.13. The highest BCUT2D eigenvalue weighted by Crippen LogP contribution is 2.34. The molecule has 104 valence electrons. The van der Waals surface area contributed by atoms with Gasteiger partial charge in [0.05, 0.1) is 12.5 Å². The molecule has 1 aliphatic rings. The quantitative estimate of drug-likeness (QED) is 0.886. The first-order valence-electron chi connectivity index (χ1n) is 6.68. The van der Waals surface area contributed by atoms with Gasteiger partial charge in [0.2, 0.25) is 0 Å². The van der Waals surface area contributed by atoms with Crippen LogP contribution in [-0.4, -0.2) is 36.2 Å². The average Bonchev–Trinajstić information content (AvgIpc) is 2.84. The van der Waals surface area contributed by atoms with Crippen molar-refractivity contribution in [3.8, 4) is 5.75 Å². The molecule has 0 aromatic heterocycles. The lowest BCUT2D eigenvalue weighted by Crippen LogP contribution is -2.33. The Hall–Kier alpha value is -1.55. The minimum atomic E-state index is -0.660. The second kappa shape index (κ2) is 5.61. The summed E-state index contributed by atoms with van der Waals surface area (Å²) in [5.74, 6) is 0.186. The molecule has 1 saturated heterocycles. The van der Waals surface area contributed by atoms with E-state index in [0.717, 1.165) is 25.3 Å². The van der Waals surface area contributed by atoms with Crippen LogP contribution in [0.5, 0.6) is 5.75 Å². The Kier molecular flexibility index (Phi) is 4.10. The number of rotatable bonds is 5. The molecular formula is C15H21NO3. The van der Waals surface area contributed by atoms with Gasteiger partial charge in [0.15, 0.2) is 0 Å². The van der Waals surface area contributed by atoms with Gasteiger partial charge < -0.3 is 9.84 Å². The molecule has 1 aliphatic heterocycles. The molecule has 1 atom stereocenters. The average molecular weight is 263 g/mol. The van der Waals surface area contributed by atoms with Crippen LogP contribution >= 0.6 is 0 Å². The Bertz CT molecular complexity index is 443. The summed E-state index contributed by atoms with van der Waals surface area (Å²) >= 11 is 0. The molecule has 0 bridgehead atoms. The Morgan fingerprint density at radius 2 is 2.11 bits per heavy atom. The third-order valence-corrected chi connectivity index (χ3v) is 4.13. The van der Waals surface area contributed by atoms with Crippen molar-refractivity contribution in [3.05, 3.63) is 29.8 Å². The van der Waals surface area contributed by atoms with Crippen LogP contribution in [-0.2, 0) is 11.3 Å². The fourth-order valence-electron chi connectivity index (χ4n) is 2.70. The molecule has 1 heterocycles. The number of carboxylic acid groups (broad SMARTS) is 1. The lowest BCUT2D eigenvalue weighted by atomic mass is 9.84.